The minimum Gasteiger partial charge on any atom is -0.394 e. The number of fused-ring (bicyclic) bond motifs is 5. The molecule has 2 aromatic heterocycles. The lowest BCUT2D eigenvalue weighted by Gasteiger charge is -2.17. The molecule has 1 aliphatic rings. The molecule has 9 nitrogen and oxygen atoms in total. The molecule has 0 amide bonds. The molecule has 4 aromatic carbocycles. The molecule has 3 unspecified atom stereocenters. The van der Waals surface area contributed by atoms with Crippen molar-refractivity contribution in [1.29, 1.82) is 0 Å². The summed E-state index contributed by atoms with van der Waals surface area (Å²) in [5.74, 6) is 0.310. The average molecular weight is 522 g/mol. The van der Waals surface area contributed by atoms with Gasteiger partial charge in [0.2, 0.25) is 5.95 Å². The average Bonchev–Trinajstić information content (AvgIpc) is 3.56. The molecule has 0 bridgehead atoms. The van der Waals surface area contributed by atoms with Gasteiger partial charge < -0.3 is 20.3 Å². The fourth-order valence-electron chi connectivity index (χ4n) is 5.91. The Balaban J connectivity index is 1.32. The number of anilines is 1. The molecule has 3 atom stereocenters. The molecule has 4 N–H and O–H groups in total. The summed E-state index contributed by atoms with van der Waals surface area (Å²) < 4.78 is 7.41. The highest BCUT2D eigenvalue weighted by Crippen LogP contribution is 2.37. The minimum atomic E-state index is -0.809. The van der Waals surface area contributed by atoms with E-state index in [1.807, 2.05) is 6.07 Å². The van der Waals surface area contributed by atoms with Crippen LogP contribution in [0.25, 0.3) is 43.5 Å². The lowest BCUT2D eigenvalue weighted by Crippen LogP contribution is -2.24. The number of H-pyrrole nitrogens is 1. The Kier molecular flexibility index (Phi) is 5.59. The van der Waals surface area contributed by atoms with E-state index in [4.69, 9.17) is 4.74 Å². The van der Waals surface area contributed by atoms with Gasteiger partial charge in [-0.15, -0.1) is 0 Å². The third-order valence-corrected chi connectivity index (χ3v) is 7.84. The van der Waals surface area contributed by atoms with Gasteiger partial charge in [0.05, 0.1) is 19.0 Å². The van der Waals surface area contributed by atoms with Crippen LogP contribution in [0.5, 0.6) is 0 Å². The van der Waals surface area contributed by atoms with Crippen LogP contribution in [-0.2, 0) is 11.3 Å². The maximum atomic E-state index is 12.9. The third kappa shape index (κ3) is 3.77. The first kappa shape index (κ1) is 23.8. The van der Waals surface area contributed by atoms with Crippen molar-refractivity contribution >= 4 is 49.4 Å². The molecule has 0 saturated carbocycles. The number of aryl methyl sites for hydroxylation is 1. The number of nitrogens with one attached hydrogen (secondary N) is 2. The highest BCUT2D eigenvalue weighted by Gasteiger charge is 2.35. The van der Waals surface area contributed by atoms with Gasteiger partial charge in [0.15, 0.2) is 11.2 Å². The van der Waals surface area contributed by atoms with Crippen molar-refractivity contribution < 1.29 is 14.9 Å². The van der Waals surface area contributed by atoms with Gasteiger partial charge in [-0.2, -0.15) is 4.98 Å². The monoisotopic (exact) mass is 521 g/mol. The summed E-state index contributed by atoms with van der Waals surface area (Å²) in [6.45, 7) is 2.31. The van der Waals surface area contributed by atoms with Crippen LogP contribution in [0.3, 0.4) is 0 Å². The van der Waals surface area contributed by atoms with Crippen molar-refractivity contribution in [2.24, 2.45) is 0 Å². The molecule has 6 aromatic rings. The van der Waals surface area contributed by atoms with Gasteiger partial charge in [-0.25, -0.2) is 4.98 Å². The molecule has 1 saturated heterocycles. The highest BCUT2D eigenvalue weighted by molar-refractivity contribution is 6.16. The fourth-order valence-corrected chi connectivity index (χ4v) is 5.91. The van der Waals surface area contributed by atoms with Crippen LogP contribution in [0.4, 0.5) is 5.95 Å². The largest absolute Gasteiger partial charge is 0.394 e. The van der Waals surface area contributed by atoms with Crippen molar-refractivity contribution in [3.63, 3.8) is 0 Å². The number of rotatable bonds is 5. The van der Waals surface area contributed by atoms with Crippen LogP contribution in [0.2, 0.25) is 0 Å². The van der Waals surface area contributed by atoms with Crippen LogP contribution < -0.4 is 10.9 Å². The summed E-state index contributed by atoms with van der Waals surface area (Å²) in [6, 6.07) is 21.1. The van der Waals surface area contributed by atoms with Gasteiger partial charge in [0.25, 0.3) is 5.56 Å². The number of hydrogen-bond acceptors (Lipinski definition) is 7. The van der Waals surface area contributed by atoms with E-state index in [9.17, 15) is 15.0 Å². The fraction of sp³-hybridized carbons (Fsp3) is 0.233. The van der Waals surface area contributed by atoms with Gasteiger partial charge in [-0.3, -0.25) is 14.3 Å². The van der Waals surface area contributed by atoms with Gasteiger partial charge in [-0.1, -0.05) is 60.7 Å². The highest BCUT2D eigenvalue weighted by atomic mass is 16.5. The second-order valence-corrected chi connectivity index (χ2v) is 10.1. The van der Waals surface area contributed by atoms with Gasteiger partial charge in [0.1, 0.15) is 12.3 Å². The van der Waals surface area contributed by atoms with Crippen molar-refractivity contribution in [1.82, 2.24) is 19.5 Å². The normalized spacial score (nSPS) is 19.5. The van der Waals surface area contributed by atoms with Gasteiger partial charge in [0, 0.05) is 13.0 Å². The molecule has 9 heteroatoms. The number of nitrogens with zero attached hydrogens (tertiary/aromatic N) is 3. The van der Waals surface area contributed by atoms with Crippen molar-refractivity contribution in [3.05, 3.63) is 88.5 Å². The van der Waals surface area contributed by atoms with Gasteiger partial charge in [-0.05, 0) is 50.4 Å². The number of aliphatic hydroxyl groups is 2. The van der Waals surface area contributed by atoms with Crippen LogP contribution in [0.1, 0.15) is 23.8 Å². The first-order valence-corrected chi connectivity index (χ1v) is 13.0. The van der Waals surface area contributed by atoms with Gasteiger partial charge >= 0.3 is 0 Å². The van der Waals surface area contributed by atoms with Crippen LogP contribution >= 0.6 is 0 Å². The number of aromatic nitrogens is 4. The minimum absolute atomic E-state index is 0.184. The number of aromatic amines is 1. The first-order valence-electron chi connectivity index (χ1n) is 13.0. The van der Waals surface area contributed by atoms with Crippen molar-refractivity contribution in [2.45, 2.75) is 38.3 Å². The third-order valence-electron chi connectivity index (χ3n) is 7.84. The SMILES string of the molecule is Cc1c2ccccc2c(CNc2nc3c(ncn3C3CC(O)C(CO)O3)c(=O)[nH]2)c2ccc3ccccc3c12. The molecule has 0 aliphatic carbocycles. The predicted octanol–water partition coefficient (Wildman–Crippen LogP) is 4.14. The molecule has 0 spiro atoms. The Morgan fingerprint density at radius 2 is 1.82 bits per heavy atom. The number of imidazole rings is 1. The number of benzene rings is 4. The summed E-state index contributed by atoms with van der Waals surface area (Å²) in [5.41, 5.74) is 2.51. The maximum Gasteiger partial charge on any atom is 0.280 e. The van der Waals surface area contributed by atoms with Crippen molar-refractivity contribution in [3.8, 4) is 0 Å². The van der Waals surface area contributed by atoms with E-state index in [0.29, 0.717) is 18.1 Å². The molecular weight excluding hydrogens is 494 g/mol. The van der Waals surface area contributed by atoms with E-state index in [1.165, 1.54) is 33.4 Å². The second kappa shape index (κ2) is 9.16. The van der Waals surface area contributed by atoms with E-state index < -0.39 is 18.4 Å². The standard InChI is InChI=1S/C30H27N5O4/c1-16-18-7-4-5-9-20(18)22(21-11-10-17-6-2-3-8-19(17)26(16)21)13-31-30-33-28-27(29(38)34-30)32-15-35(28)25-12-23(37)24(14-36)39-25/h2-11,15,23-25,36-37H,12-14H2,1H3,(H2,31,33,34,38). The molecular formula is C30H27N5O4. The number of hydrogen-bond donors (Lipinski definition) is 4. The van der Waals surface area contributed by atoms with E-state index in [0.717, 1.165) is 16.3 Å². The Labute approximate surface area is 222 Å². The summed E-state index contributed by atoms with van der Waals surface area (Å²) in [7, 11) is 0. The lowest BCUT2D eigenvalue weighted by molar-refractivity contribution is -0.0432. The summed E-state index contributed by atoms with van der Waals surface area (Å²) >= 11 is 0. The first-order chi connectivity index (χ1) is 19.0. The predicted molar refractivity (Wildman–Crippen MR) is 151 cm³/mol. The summed E-state index contributed by atoms with van der Waals surface area (Å²) in [6.07, 6.45) is -0.326. The van der Waals surface area contributed by atoms with E-state index in [-0.39, 0.29) is 24.1 Å². The van der Waals surface area contributed by atoms with E-state index in [2.05, 4.69) is 81.8 Å². The lowest BCUT2D eigenvalue weighted by atomic mass is 9.89. The Hall–Kier alpha value is -4.31. The van der Waals surface area contributed by atoms with Crippen LogP contribution in [0, 0.1) is 6.92 Å². The van der Waals surface area contributed by atoms with Crippen molar-refractivity contribution in [2.75, 3.05) is 11.9 Å². The zero-order chi connectivity index (χ0) is 26.7. The Bertz CT molecular complexity index is 1950. The van der Waals surface area contributed by atoms with E-state index in [1.54, 1.807) is 4.57 Å². The molecule has 1 aliphatic heterocycles. The molecule has 0 radical (unpaired) electrons. The Morgan fingerprint density at radius 3 is 2.62 bits per heavy atom. The quantitative estimate of drug-likeness (QED) is 0.198. The number of ether oxygens (including phenoxy) is 1. The summed E-state index contributed by atoms with van der Waals surface area (Å²) in [4.78, 5) is 24.6. The second-order valence-electron chi connectivity index (χ2n) is 10.1. The molecule has 3 heterocycles. The molecule has 7 rings (SSSR count). The Morgan fingerprint density at radius 1 is 1.05 bits per heavy atom. The van der Waals surface area contributed by atoms with E-state index >= 15 is 0 Å². The summed E-state index contributed by atoms with van der Waals surface area (Å²) in [5, 5.41) is 30.1. The topological polar surface area (TPSA) is 125 Å². The molecule has 1 fully saturated rings. The number of aliphatic hydroxyl groups excluding tert-OH is 2. The zero-order valence-corrected chi connectivity index (χ0v) is 21.3. The molecule has 39 heavy (non-hydrogen) atoms. The molecule has 196 valence electrons. The smallest absolute Gasteiger partial charge is 0.280 e. The van der Waals surface area contributed by atoms with Crippen LogP contribution in [0.15, 0.2) is 71.8 Å². The van der Waals surface area contributed by atoms with Crippen LogP contribution in [-0.4, -0.2) is 48.5 Å². The maximum absolute atomic E-state index is 12.9. The zero-order valence-electron chi connectivity index (χ0n) is 21.3.